The Bertz CT molecular complexity index is 3740. The second kappa shape index (κ2) is 12.0. The predicted octanol–water partition coefficient (Wildman–Crippen LogP) is 13.0. The van der Waals surface area contributed by atoms with Gasteiger partial charge in [-0.2, -0.15) is 0 Å². The molecule has 0 atom stereocenters. The highest BCUT2D eigenvalue weighted by molar-refractivity contribution is 6.10. The molecule has 0 radical (unpaired) electrons. The molecule has 0 fully saturated rings. The van der Waals surface area contributed by atoms with Crippen LogP contribution < -0.4 is 10.6 Å². The standard InChI is InChI=1S/C54H34N2O2/c1-5-17-45-39(11-1)40-12-2-6-18-46(40)55(45)35-25-27-36(28-26-35)56-47-19-9-15-37(33-23-29-43-41-13-3-7-21-49(41)57-51(43)31-33)53(47)54-38(16-10-20-48(54)56)34-24-30-44-42-14-4-8-22-50(42)58-52(44)32-34/h1-9,11-15,17-32H,10,16H2. The summed E-state index contributed by atoms with van der Waals surface area (Å²) >= 11 is 0. The number of aromatic nitrogens is 2. The summed E-state index contributed by atoms with van der Waals surface area (Å²) in [6.07, 6.45) is 4.31. The molecule has 13 rings (SSSR count). The van der Waals surface area contributed by atoms with Gasteiger partial charge in [-0.15, -0.1) is 0 Å². The third-order valence-corrected chi connectivity index (χ3v) is 12.4. The van der Waals surface area contributed by atoms with E-state index < -0.39 is 0 Å². The minimum atomic E-state index is 0.899. The summed E-state index contributed by atoms with van der Waals surface area (Å²) < 4.78 is 17.7. The fourth-order valence-corrected chi connectivity index (χ4v) is 9.90. The van der Waals surface area contributed by atoms with Crippen molar-refractivity contribution in [3.63, 3.8) is 0 Å². The zero-order chi connectivity index (χ0) is 37.9. The molecule has 58 heavy (non-hydrogen) atoms. The van der Waals surface area contributed by atoms with E-state index in [1.807, 2.05) is 12.1 Å². The molecular weight excluding hydrogens is 709 g/mol. The Morgan fingerprint density at radius 1 is 0.397 bits per heavy atom. The molecule has 12 aromatic rings. The average molecular weight is 743 g/mol. The predicted molar refractivity (Wildman–Crippen MR) is 240 cm³/mol. The summed E-state index contributed by atoms with van der Waals surface area (Å²) in [5, 5.41) is 10.8. The number of furan rings is 2. The number of hydrogen-bond acceptors (Lipinski definition) is 2. The molecule has 0 amide bonds. The molecule has 0 bridgehead atoms. The number of nitrogens with zero attached hydrogens (tertiary/aromatic N) is 2. The van der Waals surface area contributed by atoms with Crippen molar-refractivity contribution in [3.8, 4) is 22.5 Å². The maximum atomic E-state index is 6.45. The van der Waals surface area contributed by atoms with Crippen molar-refractivity contribution in [2.45, 2.75) is 12.8 Å². The van der Waals surface area contributed by atoms with E-state index in [0.29, 0.717) is 0 Å². The van der Waals surface area contributed by atoms with Gasteiger partial charge in [0, 0.05) is 54.3 Å². The van der Waals surface area contributed by atoms with Crippen LogP contribution in [-0.2, 0) is 0 Å². The van der Waals surface area contributed by atoms with E-state index in [9.17, 15) is 0 Å². The van der Waals surface area contributed by atoms with Gasteiger partial charge < -0.3 is 18.0 Å². The normalized spacial score (nSPS) is 13.1. The van der Waals surface area contributed by atoms with Crippen LogP contribution in [0.15, 0.2) is 185 Å². The fraction of sp³-hybridized carbons (Fsp3) is 0.0370. The number of fused-ring (bicyclic) bond motifs is 12. The van der Waals surface area contributed by atoms with E-state index in [4.69, 9.17) is 8.83 Å². The molecule has 0 spiro atoms. The summed E-state index contributed by atoms with van der Waals surface area (Å²) in [6.45, 7) is 0. The van der Waals surface area contributed by atoms with Crippen LogP contribution in [0.3, 0.4) is 0 Å². The van der Waals surface area contributed by atoms with E-state index >= 15 is 0 Å². The second-order valence-electron chi connectivity index (χ2n) is 15.5. The minimum absolute atomic E-state index is 0.899. The Kier molecular flexibility index (Phi) is 6.53. The lowest BCUT2D eigenvalue weighted by Crippen LogP contribution is -2.33. The largest absolute Gasteiger partial charge is 0.456 e. The quantitative estimate of drug-likeness (QED) is 0.180. The molecule has 8 aromatic carbocycles. The van der Waals surface area contributed by atoms with Crippen LogP contribution in [0, 0.1) is 0 Å². The van der Waals surface area contributed by atoms with E-state index in [1.165, 1.54) is 60.0 Å². The van der Waals surface area contributed by atoms with Gasteiger partial charge in [-0.3, -0.25) is 0 Å². The molecule has 4 heteroatoms. The SMILES string of the molecule is C1=c2c(c3c(-c4ccc5c(c4)oc4ccccc45)cccc3n2-c2ccc(-n3c4ccccc4c4ccccc43)cc2)=C(c2ccc3c(c2)oc2ccccc23)CC1. The Morgan fingerprint density at radius 3 is 1.57 bits per heavy atom. The summed E-state index contributed by atoms with van der Waals surface area (Å²) in [4.78, 5) is 0. The van der Waals surface area contributed by atoms with Gasteiger partial charge in [0.25, 0.3) is 0 Å². The van der Waals surface area contributed by atoms with Crippen LogP contribution in [0.2, 0.25) is 0 Å². The summed E-state index contributed by atoms with van der Waals surface area (Å²) in [6, 6.07) is 63.4. The number of para-hydroxylation sites is 4. The lowest BCUT2D eigenvalue weighted by molar-refractivity contribution is 0.668. The molecule has 0 aliphatic heterocycles. The molecule has 0 saturated carbocycles. The van der Waals surface area contributed by atoms with Crippen LogP contribution in [0.1, 0.15) is 18.4 Å². The fourth-order valence-electron chi connectivity index (χ4n) is 9.90. The monoisotopic (exact) mass is 742 g/mol. The van der Waals surface area contributed by atoms with Gasteiger partial charge in [0.1, 0.15) is 22.3 Å². The van der Waals surface area contributed by atoms with Crippen molar-refractivity contribution >= 4 is 88.2 Å². The van der Waals surface area contributed by atoms with Gasteiger partial charge in [0.15, 0.2) is 0 Å². The van der Waals surface area contributed by atoms with Crippen LogP contribution in [0.5, 0.6) is 0 Å². The van der Waals surface area contributed by atoms with Crippen molar-refractivity contribution in [2.24, 2.45) is 0 Å². The number of hydrogen-bond donors (Lipinski definition) is 0. The van der Waals surface area contributed by atoms with Gasteiger partial charge in [-0.1, -0.05) is 103 Å². The second-order valence-corrected chi connectivity index (χ2v) is 15.5. The Balaban J connectivity index is 1.07. The van der Waals surface area contributed by atoms with Crippen molar-refractivity contribution in [3.05, 3.63) is 192 Å². The first kappa shape index (κ1) is 31.6. The van der Waals surface area contributed by atoms with Gasteiger partial charge in [0.2, 0.25) is 0 Å². The van der Waals surface area contributed by atoms with Gasteiger partial charge in [-0.25, -0.2) is 0 Å². The molecule has 1 aliphatic carbocycles. The summed E-state index contributed by atoms with van der Waals surface area (Å²) in [5.41, 5.74) is 14.4. The third kappa shape index (κ3) is 4.45. The van der Waals surface area contributed by atoms with Crippen molar-refractivity contribution in [1.82, 2.24) is 9.13 Å². The summed E-state index contributed by atoms with van der Waals surface area (Å²) in [5.74, 6) is 0. The molecule has 4 aromatic heterocycles. The van der Waals surface area contributed by atoms with E-state index in [1.54, 1.807) is 0 Å². The Labute approximate surface area is 332 Å². The molecule has 272 valence electrons. The topological polar surface area (TPSA) is 36.1 Å². The zero-order valence-electron chi connectivity index (χ0n) is 31.4. The van der Waals surface area contributed by atoms with Crippen LogP contribution in [0.25, 0.3) is 111 Å². The molecule has 0 unspecified atom stereocenters. The van der Waals surface area contributed by atoms with Crippen LogP contribution >= 0.6 is 0 Å². The molecule has 1 aliphatic rings. The first-order valence-corrected chi connectivity index (χ1v) is 20.1. The maximum absolute atomic E-state index is 6.45. The average Bonchev–Trinajstić information content (AvgIpc) is 4.03. The minimum Gasteiger partial charge on any atom is -0.456 e. The lowest BCUT2D eigenvalue weighted by Gasteiger charge is -2.13. The first-order valence-electron chi connectivity index (χ1n) is 20.1. The maximum Gasteiger partial charge on any atom is 0.136 e. The molecular formula is C54H34N2O2. The first-order chi connectivity index (χ1) is 28.8. The summed E-state index contributed by atoms with van der Waals surface area (Å²) in [7, 11) is 0. The van der Waals surface area contributed by atoms with Crippen molar-refractivity contribution in [2.75, 3.05) is 0 Å². The van der Waals surface area contributed by atoms with E-state index in [0.717, 1.165) is 73.7 Å². The zero-order valence-corrected chi connectivity index (χ0v) is 31.4. The highest BCUT2D eigenvalue weighted by Crippen LogP contribution is 2.37. The smallest absolute Gasteiger partial charge is 0.136 e. The highest BCUT2D eigenvalue weighted by atomic mass is 16.3. The van der Waals surface area contributed by atoms with Crippen LogP contribution in [0.4, 0.5) is 0 Å². The van der Waals surface area contributed by atoms with Crippen molar-refractivity contribution in [1.29, 1.82) is 0 Å². The Hall–Kier alpha value is -7.56. The van der Waals surface area contributed by atoms with Gasteiger partial charge in [0.05, 0.1) is 21.9 Å². The molecule has 0 saturated heterocycles. The van der Waals surface area contributed by atoms with Crippen molar-refractivity contribution < 1.29 is 8.83 Å². The Morgan fingerprint density at radius 2 is 0.914 bits per heavy atom. The highest BCUT2D eigenvalue weighted by Gasteiger charge is 2.22. The molecule has 4 heterocycles. The van der Waals surface area contributed by atoms with Gasteiger partial charge in [-0.05, 0) is 114 Å². The third-order valence-electron chi connectivity index (χ3n) is 12.4. The molecule has 0 N–H and O–H groups in total. The lowest BCUT2D eigenvalue weighted by atomic mass is 9.91. The number of benzene rings is 8. The van der Waals surface area contributed by atoms with Gasteiger partial charge >= 0.3 is 0 Å². The van der Waals surface area contributed by atoms with Crippen LogP contribution in [-0.4, -0.2) is 9.13 Å². The number of rotatable bonds is 4. The van der Waals surface area contributed by atoms with E-state index in [-0.39, 0.29) is 0 Å². The molecule has 4 nitrogen and oxygen atoms in total. The van der Waals surface area contributed by atoms with E-state index in [2.05, 4.69) is 179 Å².